The van der Waals surface area contributed by atoms with Gasteiger partial charge in [0.1, 0.15) is 6.61 Å². The molecule has 0 bridgehead atoms. The summed E-state index contributed by atoms with van der Waals surface area (Å²) in [7, 11) is 0. The minimum Gasteiger partial charge on any atom is -0.461 e. The minimum absolute atomic E-state index is 0.000876. The van der Waals surface area contributed by atoms with Gasteiger partial charge in [-0.2, -0.15) is 0 Å². The van der Waals surface area contributed by atoms with Crippen molar-refractivity contribution in [1.29, 1.82) is 0 Å². The smallest absolute Gasteiger partial charge is 0.308 e. The molecule has 8 heteroatoms. The van der Waals surface area contributed by atoms with E-state index in [2.05, 4.69) is 0 Å². The molecular formula is C19H25NO6S. The highest BCUT2D eigenvalue weighted by atomic mass is 32.1. The average Bonchev–Trinajstić information content (AvgIpc) is 3.10. The maximum absolute atomic E-state index is 11.6. The second-order valence-corrected chi connectivity index (χ2v) is 6.51. The number of hydrogen-bond donors (Lipinski definition) is 0. The van der Waals surface area contributed by atoms with E-state index in [0.29, 0.717) is 46.2 Å². The standard InChI is InChI=1S/C19H25NO6S/c21-18-7-15-27-20(18)8-10-24-12-14-25-13-11-23-9-6-19(22)26-16-17-4-2-1-3-5-17/h1-5,7,15H,6,8-14,16H2. The Balaban J connectivity index is 1.34. The number of nitrogens with zero attached hydrogens (tertiary/aromatic N) is 1. The molecule has 0 amide bonds. The van der Waals surface area contributed by atoms with Gasteiger partial charge in [0, 0.05) is 11.4 Å². The molecule has 0 atom stereocenters. The molecule has 0 saturated heterocycles. The number of hydrogen-bond acceptors (Lipinski definition) is 7. The van der Waals surface area contributed by atoms with Gasteiger partial charge < -0.3 is 18.9 Å². The molecule has 0 aliphatic heterocycles. The third kappa shape index (κ3) is 9.48. The van der Waals surface area contributed by atoms with Gasteiger partial charge in [-0.1, -0.05) is 41.9 Å². The van der Waals surface area contributed by atoms with Crippen LogP contribution in [0, 0.1) is 0 Å². The Morgan fingerprint density at radius 1 is 0.889 bits per heavy atom. The van der Waals surface area contributed by atoms with Crippen molar-refractivity contribution in [3.8, 4) is 0 Å². The number of carbonyl (C=O) groups is 1. The molecule has 2 aromatic rings. The van der Waals surface area contributed by atoms with Crippen molar-refractivity contribution in [3.05, 3.63) is 57.7 Å². The quantitative estimate of drug-likeness (QED) is 0.360. The van der Waals surface area contributed by atoms with Crippen LogP contribution in [0.5, 0.6) is 0 Å². The third-order valence-corrected chi connectivity index (χ3v) is 4.40. The molecule has 0 aliphatic rings. The number of rotatable bonds is 14. The summed E-state index contributed by atoms with van der Waals surface area (Å²) in [5.41, 5.74) is 0.964. The maximum atomic E-state index is 11.6. The van der Waals surface area contributed by atoms with Crippen molar-refractivity contribution in [1.82, 2.24) is 3.96 Å². The summed E-state index contributed by atoms with van der Waals surface area (Å²) in [6.07, 6.45) is 0.220. The van der Waals surface area contributed by atoms with Gasteiger partial charge in [-0.05, 0) is 5.56 Å². The third-order valence-electron chi connectivity index (χ3n) is 3.52. The number of esters is 1. The topological polar surface area (TPSA) is 76.0 Å². The number of ether oxygens (including phenoxy) is 4. The Morgan fingerprint density at radius 2 is 1.56 bits per heavy atom. The Labute approximate surface area is 162 Å². The van der Waals surface area contributed by atoms with Crippen molar-refractivity contribution < 1.29 is 23.7 Å². The van der Waals surface area contributed by atoms with E-state index in [1.54, 1.807) is 9.34 Å². The molecule has 1 heterocycles. The van der Waals surface area contributed by atoms with Crippen LogP contribution < -0.4 is 5.56 Å². The average molecular weight is 395 g/mol. The van der Waals surface area contributed by atoms with E-state index in [0.717, 1.165) is 5.56 Å². The highest BCUT2D eigenvalue weighted by Gasteiger charge is 2.03. The van der Waals surface area contributed by atoms with Crippen molar-refractivity contribution in [3.63, 3.8) is 0 Å². The van der Waals surface area contributed by atoms with E-state index in [1.807, 2.05) is 30.3 Å². The van der Waals surface area contributed by atoms with Crippen molar-refractivity contribution in [2.75, 3.05) is 39.6 Å². The lowest BCUT2D eigenvalue weighted by Gasteiger charge is -2.07. The van der Waals surface area contributed by atoms with Crippen molar-refractivity contribution >= 4 is 17.5 Å². The van der Waals surface area contributed by atoms with Gasteiger partial charge in [0.15, 0.2) is 0 Å². The molecule has 2 rings (SSSR count). The molecular weight excluding hydrogens is 370 g/mol. The molecule has 0 radical (unpaired) electrons. The van der Waals surface area contributed by atoms with Crippen LogP contribution in [0.4, 0.5) is 0 Å². The number of aromatic nitrogens is 1. The molecule has 0 unspecified atom stereocenters. The second kappa shape index (κ2) is 13.2. The van der Waals surface area contributed by atoms with Crippen LogP contribution in [-0.4, -0.2) is 49.6 Å². The SMILES string of the molecule is O=C(CCOCCOCCOCCn1sccc1=O)OCc1ccccc1. The van der Waals surface area contributed by atoms with E-state index in [9.17, 15) is 9.59 Å². The lowest BCUT2D eigenvalue weighted by molar-refractivity contribution is -0.146. The summed E-state index contributed by atoms with van der Waals surface area (Å²) >= 11 is 1.38. The first-order chi connectivity index (χ1) is 13.3. The molecule has 0 aliphatic carbocycles. The molecule has 7 nitrogen and oxygen atoms in total. The molecule has 0 spiro atoms. The van der Waals surface area contributed by atoms with E-state index < -0.39 is 0 Å². The first kappa shape index (κ1) is 21.3. The lowest BCUT2D eigenvalue weighted by atomic mass is 10.2. The zero-order valence-corrected chi connectivity index (χ0v) is 16.0. The Morgan fingerprint density at radius 3 is 2.22 bits per heavy atom. The van der Waals surface area contributed by atoms with Crippen LogP contribution in [0.3, 0.4) is 0 Å². The summed E-state index contributed by atoms with van der Waals surface area (Å²) in [5.74, 6) is -0.280. The van der Waals surface area contributed by atoms with Gasteiger partial charge >= 0.3 is 5.97 Å². The predicted molar refractivity (Wildman–Crippen MR) is 102 cm³/mol. The monoisotopic (exact) mass is 395 g/mol. The van der Waals surface area contributed by atoms with Crippen LogP contribution in [-0.2, 0) is 36.9 Å². The van der Waals surface area contributed by atoms with Gasteiger partial charge in [0.05, 0.1) is 52.6 Å². The fourth-order valence-electron chi connectivity index (χ4n) is 2.12. The van der Waals surface area contributed by atoms with Gasteiger partial charge in [-0.15, -0.1) is 0 Å². The number of benzene rings is 1. The first-order valence-electron chi connectivity index (χ1n) is 8.83. The molecule has 1 aromatic carbocycles. The van der Waals surface area contributed by atoms with Gasteiger partial charge in [-0.3, -0.25) is 13.5 Å². The molecule has 148 valence electrons. The summed E-state index contributed by atoms with van der Waals surface area (Å²) in [5, 5.41) is 1.76. The molecule has 27 heavy (non-hydrogen) atoms. The molecule has 0 saturated carbocycles. The van der Waals surface area contributed by atoms with Gasteiger partial charge in [0.2, 0.25) is 0 Å². The Hall–Kier alpha value is -2.00. The fourth-order valence-corrected chi connectivity index (χ4v) is 2.78. The highest BCUT2D eigenvalue weighted by molar-refractivity contribution is 7.04. The van der Waals surface area contributed by atoms with Crippen LogP contribution in [0.25, 0.3) is 0 Å². The Kier molecular flexibility index (Phi) is 10.4. The van der Waals surface area contributed by atoms with Gasteiger partial charge in [0.25, 0.3) is 5.56 Å². The van der Waals surface area contributed by atoms with Crippen molar-refractivity contribution in [2.45, 2.75) is 19.6 Å². The summed E-state index contributed by atoms with van der Waals surface area (Å²) < 4.78 is 22.9. The number of carbonyl (C=O) groups excluding carboxylic acids is 1. The Bertz CT molecular complexity index is 699. The van der Waals surface area contributed by atoms with E-state index in [1.165, 1.54) is 17.6 Å². The van der Waals surface area contributed by atoms with E-state index in [-0.39, 0.29) is 24.6 Å². The zero-order valence-electron chi connectivity index (χ0n) is 15.2. The molecule has 0 N–H and O–H groups in total. The van der Waals surface area contributed by atoms with E-state index in [4.69, 9.17) is 18.9 Å². The largest absolute Gasteiger partial charge is 0.461 e. The van der Waals surface area contributed by atoms with Crippen LogP contribution >= 0.6 is 11.5 Å². The van der Waals surface area contributed by atoms with Crippen LogP contribution in [0.2, 0.25) is 0 Å². The van der Waals surface area contributed by atoms with Gasteiger partial charge in [-0.25, -0.2) is 0 Å². The first-order valence-corrected chi connectivity index (χ1v) is 9.67. The fraction of sp³-hybridized carbons (Fsp3) is 0.474. The second-order valence-electron chi connectivity index (χ2n) is 5.58. The normalized spacial score (nSPS) is 10.8. The van der Waals surface area contributed by atoms with Crippen LogP contribution in [0.1, 0.15) is 12.0 Å². The predicted octanol–water partition coefficient (Wildman–Crippen LogP) is 2.09. The van der Waals surface area contributed by atoms with Crippen molar-refractivity contribution in [2.24, 2.45) is 0 Å². The molecule has 0 fully saturated rings. The van der Waals surface area contributed by atoms with Crippen LogP contribution in [0.15, 0.2) is 46.6 Å². The summed E-state index contributed by atoms with van der Waals surface area (Å²) in [4.78, 5) is 22.9. The molecule has 1 aromatic heterocycles. The zero-order chi connectivity index (χ0) is 19.2. The lowest BCUT2D eigenvalue weighted by Crippen LogP contribution is -2.17. The highest BCUT2D eigenvalue weighted by Crippen LogP contribution is 2.01. The summed E-state index contributed by atoms with van der Waals surface area (Å²) in [6.45, 7) is 3.40. The summed E-state index contributed by atoms with van der Waals surface area (Å²) in [6, 6.07) is 11.1. The maximum Gasteiger partial charge on any atom is 0.308 e. The van der Waals surface area contributed by atoms with E-state index >= 15 is 0 Å². The minimum atomic E-state index is -0.280.